The molecule has 132 valence electrons. The van der Waals surface area contributed by atoms with Crippen LogP contribution in [0.3, 0.4) is 0 Å². The summed E-state index contributed by atoms with van der Waals surface area (Å²) in [4.78, 5) is 9.83. The molecule has 0 spiro atoms. The summed E-state index contributed by atoms with van der Waals surface area (Å²) < 4.78 is 25.1. The minimum Gasteiger partial charge on any atom is -0.249 e. The maximum absolute atomic E-state index is 11.7. The van der Waals surface area contributed by atoms with E-state index in [1.54, 1.807) is 10.2 Å². The van der Waals surface area contributed by atoms with E-state index in [4.69, 9.17) is 0 Å². The van der Waals surface area contributed by atoms with Gasteiger partial charge in [-0.15, -0.1) is 16.4 Å². The lowest BCUT2D eigenvalue weighted by molar-refractivity contribution is 0.599. The molecule has 2 heterocycles. The SMILES string of the molecule is CCc1ncsc1-c1nc(CS(C)(=O)=O)nn1-c1cc(C)cc(C)c1. The van der Waals surface area contributed by atoms with E-state index in [1.165, 1.54) is 17.6 Å². The molecule has 0 aliphatic heterocycles. The van der Waals surface area contributed by atoms with Crippen molar-refractivity contribution in [3.05, 3.63) is 46.4 Å². The highest BCUT2D eigenvalue weighted by molar-refractivity contribution is 7.89. The first-order chi connectivity index (χ1) is 11.8. The van der Waals surface area contributed by atoms with Gasteiger partial charge in [-0.05, 0) is 43.5 Å². The van der Waals surface area contributed by atoms with Gasteiger partial charge in [0, 0.05) is 6.26 Å². The molecule has 25 heavy (non-hydrogen) atoms. The zero-order valence-electron chi connectivity index (χ0n) is 14.6. The molecule has 6 nitrogen and oxygen atoms in total. The fourth-order valence-corrected chi connectivity index (χ4v) is 4.20. The van der Waals surface area contributed by atoms with E-state index in [0.29, 0.717) is 11.6 Å². The molecule has 0 fully saturated rings. The maximum atomic E-state index is 11.7. The molecule has 0 saturated heterocycles. The number of rotatable bonds is 5. The van der Waals surface area contributed by atoms with Crippen LogP contribution in [0.25, 0.3) is 16.4 Å². The Morgan fingerprint density at radius 1 is 1.16 bits per heavy atom. The van der Waals surface area contributed by atoms with Gasteiger partial charge < -0.3 is 0 Å². The second-order valence-electron chi connectivity index (χ2n) is 6.16. The fraction of sp³-hybridized carbons (Fsp3) is 0.353. The highest BCUT2D eigenvalue weighted by Gasteiger charge is 2.20. The molecule has 2 aromatic heterocycles. The van der Waals surface area contributed by atoms with Crippen molar-refractivity contribution < 1.29 is 8.42 Å². The predicted octanol–water partition coefficient (Wildman–Crippen LogP) is 3.11. The van der Waals surface area contributed by atoms with Gasteiger partial charge in [0.05, 0.1) is 21.8 Å². The van der Waals surface area contributed by atoms with Crippen LogP contribution in [-0.4, -0.2) is 34.4 Å². The topological polar surface area (TPSA) is 77.7 Å². The van der Waals surface area contributed by atoms with E-state index in [-0.39, 0.29) is 5.75 Å². The molecule has 0 aliphatic rings. The fourth-order valence-electron chi connectivity index (χ4n) is 2.75. The van der Waals surface area contributed by atoms with Crippen molar-refractivity contribution in [1.29, 1.82) is 0 Å². The highest BCUT2D eigenvalue weighted by atomic mass is 32.2. The van der Waals surface area contributed by atoms with Gasteiger partial charge in [-0.1, -0.05) is 13.0 Å². The molecule has 0 atom stereocenters. The third kappa shape index (κ3) is 3.96. The van der Waals surface area contributed by atoms with Gasteiger partial charge in [-0.25, -0.2) is 23.1 Å². The van der Waals surface area contributed by atoms with Crippen molar-refractivity contribution in [1.82, 2.24) is 19.7 Å². The van der Waals surface area contributed by atoms with Gasteiger partial charge in [0.25, 0.3) is 0 Å². The highest BCUT2D eigenvalue weighted by Crippen LogP contribution is 2.29. The van der Waals surface area contributed by atoms with E-state index in [2.05, 4.69) is 21.1 Å². The lowest BCUT2D eigenvalue weighted by atomic mass is 10.1. The number of thiazole rings is 1. The monoisotopic (exact) mass is 376 g/mol. The zero-order valence-corrected chi connectivity index (χ0v) is 16.3. The molecule has 1 aromatic carbocycles. The Labute approximate surface area is 151 Å². The number of sulfone groups is 1. The van der Waals surface area contributed by atoms with Gasteiger partial charge >= 0.3 is 0 Å². The summed E-state index contributed by atoms with van der Waals surface area (Å²) in [5.41, 5.74) is 5.82. The number of aryl methyl sites for hydroxylation is 3. The zero-order chi connectivity index (χ0) is 18.2. The average molecular weight is 377 g/mol. The Morgan fingerprint density at radius 2 is 1.84 bits per heavy atom. The first-order valence-electron chi connectivity index (χ1n) is 7.92. The minimum atomic E-state index is -3.21. The largest absolute Gasteiger partial charge is 0.249 e. The lowest BCUT2D eigenvalue weighted by Crippen LogP contribution is -2.04. The van der Waals surface area contributed by atoms with Gasteiger partial charge in [0.1, 0.15) is 5.75 Å². The van der Waals surface area contributed by atoms with Crippen LogP contribution in [-0.2, 0) is 22.0 Å². The number of benzene rings is 1. The van der Waals surface area contributed by atoms with Gasteiger partial charge in [0.2, 0.25) is 0 Å². The number of aromatic nitrogens is 4. The Kier molecular flexibility index (Phi) is 4.75. The Hall–Kier alpha value is -2.06. The van der Waals surface area contributed by atoms with Gasteiger partial charge in [-0.2, -0.15) is 0 Å². The van der Waals surface area contributed by atoms with Crippen LogP contribution in [0.4, 0.5) is 0 Å². The van der Waals surface area contributed by atoms with E-state index in [0.717, 1.165) is 33.8 Å². The summed E-state index contributed by atoms with van der Waals surface area (Å²) in [6.07, 6.45) is 1.97. The van der Waals surface area contributed by atoms with E-state index in [9.17, 15) is 8.42 Å². The lowest BCUT2D eigenvalue weighted by Gasteiger charge is -2.08. The summed E-state index contributed by atoms with van der Waals surface area (Å²) in [5.74, 6) is 0.757. The molecule has 0 N–H and O–H groups in total. The van der Waals surface area contributed by atoms with Crippen LogP contribution in [0.1, 0.15) is 29.6 Å². The second kappa shape index (κ2) is 6.68. The first kappa shape index (κ1) is 17.8. The number of hydrogen-bond donors (Lipinski definition) is 0. The van der Waals surface area contributed by atoms with Crippen molar-refractivity contribution in [2.75, 3.05) is 6.26 Å². The normalized spacial score (nSPS) is 11.8. The first-order valence-corrected chi connectivity index (χ1v) is 10.9. The molecule has 3 rings (SSSR count). The van der Waals surface area contributed by atoms with E-state index in [1.807, 2.05) is 32.9 Å². The summed E-state index contributed by atoms with van der Waals surface area (Å²) in [6, 6.07) is 6.12. The Morgan fingerprint density at radius 3 is 2.44 bits per heavy atom. The molecule has 0 radical (unpaired) electrons. The smallest absolute Gasteiger partial charge is 0.175 e. The molecule has 0 aliphatic carbocycles. The van der Waals surface area contributed by atoms with Crippen LogP contribution in [0, 0.1) is 13.8 Å². The van der Waals surface area contributed by atoms with Crippen molar-refractivity contribution in [2.24, 2.45) is 0 Å². The van der Waals surface area contributed by atoms with Gasteiger partial charge in [0.15, 0.2) is 21.5 Å². The van der Waals surface area contributed by atoms with Crippen LogP contribution in [0.2, 0.25) is 0 Å². The van der Waals surface area contributed by atoms with Crippen LogP contribution < -0.4 is 0 Å². The second-order valence-corrected chi connectivity index (χ2v) is 9.16. The van der Waals surface area contributed by atoms with E-state index >= 15 is 0 Å². The maximum Gasteiger partial charge on any atom is 0.175 e. The van der Waals surface area contributed by atoms with Crippen LogP contribution >= 0.6 is 11.3 Å². The Bertz CT molecular complexity index is 999. The van der Waals surface area contributed by atoms with Crippen molar-refractivity contribution in [3.63, 3.8) is 0 Å². The molecule has 0 amide bonds. The quantitative estimate of drug-likeness (QED) is 0.684. The van der Waals surface area contributed by atoms with Crippen molar-refractivity contribution in [3.8, 4) is 16.4 Å². The van der Waals surface area contributed by atoms with Crippen molar-refractivity contribution >= 4 is 21.2 Å². The molecular formula is C17H20N4O2S2. The summed E-state index contributed by atoms with van der Waals surface area (Å²) >= 11 is 1.49. The third-order valence-corrected chi connectivity index (χ3v) is 5.32. The van der Waals surface area contributed by atoms with E-state index < -0.39 is 9.84 Å². The average Bonchev–Trinajstić information content (AvgIpc) is 3.10. The summed E-state index contributed by atoms with van der Waals surface area (Å²) in [6.45, 7) is 6.08. The molecular weight excluding hydrogens is 356 g/mol. The Balaban J connectivity index is 2.21. The summed E-state index contributed by atoms with van der Waals surface area (Å²) in [5, 5.41) is 4.48. The third-order valence-electron chi connectivity index (χ3n) is 3.67. The number of nitrogens with zero attached hydrogens (tertiary/aromatic N) is 4. The minimum absolute atomic E-state index is 0.182. The van der Waals surface area contributed by atoms with Crippen LogP contribution in [0.5, 0.6) is 0 Å². The molecule has 8 heteroatoms. The van der Waals surface area contributed by atoms with Crippen LogP contribution in [0.15, 0.2) is 23.7 Å². The molecule has 0 saturated carbocycles. The number of hydrogen-bond acceptors (Lipinski definition) is 6. The molecule has 0 bridgehead atoms. The summed E-state index contributed by atoms with van der Waals surface area (Å²) in [7, 11) is -3.21. The van der Waals surface area contributed by atoms with Crippen molar-refractivity contribution in [2.45, 2.75) is 32.9 Å². The molecule has 0 unspecified atom stereocenters. The van der Waals surface area contributed by atoms with Gasteiger partial charge in [-0.3, -0.25) is 0 Å². The predicted molar refractivity (Wildman–Crippen MR) is 99.9 cm³/mol. The standard InChI is InChI=1S/C17H20N4O2S2/c1-5-14-16(24-10-18-14)17-19-15(9-25(4,22)23)20-21(17)13-7-11(2)6-12(3)8-13/h6-8,10H,5,9H2,1-4H3. The molecule has 3 aromatic rings.